The Morgan fingerprint density at radius 2 is 2.11 bits per heavy atom. The molecule has 0 radical (unpaired) electrons. The van der Waals surface area contributed by atoms with Crippen LogP contribution in [0.25, 0.3) is 11.3 Å². The number of nitrogens with one attached hydrogen (secondary N) is 1. The molecule has 0 saturated heterocycles. The van der Waals surface area contributed by atoms with E-state index in [0.29, 0.717) is 16.4 Å². The molecule has 1 atom stereocenters. The van der Waals surface area contributed by atoms with Gasteiger partial charge in [0.1, 0.15) is 0 Å². The van der Waals surface area contributed by atoms with E-state index in [1.54, 1.807) is 27.8 Å². The Balaban J connectivity index is 2.02. The molecule has 0 saturated carbocycles. The van der Waals surface area contributed by atoms with Gasteiger partial charge in [0, 0.05) is 22.7 Å². The first-order valence-electron chi connectivity index (χ1n) is 9.15. The van der Waals surface area contributed by atoms with Crippen LogP contribution in [-0.2, 0) is 4.79 Å². The number of rotatable bonds is 4. The summed E-state index contributed by atoms with van der Waals surface area (Å²) >= 11 is 3.12. The number of aromatic amines is 1. The standard InChI is InChI=1S/C20H20N4O2S2/c1-4-11-27-20-21-18(26)17-14-7-5-6-8-15(14)23(13(3)25)19(24(17)22-20)16-10-9-12(2)28-16/h5-10,19H,4,11H2,1-3H3/p+1/t19-/m0/s1. The summed E-state index contributed by atoms with van der Waals surface area (Å²) in [6.07, 6.45) is 0.496. The third-order valence-electron chi connectivity index (χ3n) is 4.56. The highest BCUT2D eigenvalue weighted by Crippen LogP contribution is 2.38. The molecule has 0 aliphatic carbocycles. The molecule has 0 bridgehead atoms. The van der Waals surface area contributed by atoms with E-state index in [0.717, 1.165) is 27.6 Å². The molecule has 1 aromatic carbocycles. The first-order chi connectivity index (χ1) is 13.5. The summed E-state index contributed by atoms with van der Waals surface area (Å²) in [4.78, 5) is 32.5. The zero-order valence-corrected chi connectivity index (χ0v) is 17.6. The molecule has 6 nitrogen and oxygen atoms in total. The fourth-order valence-corrected chi connectivity index (χ4v) is 5.09. The molecular weight excluding hydrogens is 392 g/mol. The van der Waals surface area contributed by atoms with Crippen molar-refractivity contribution in [3.8, 4) is 11.3 Å². The highest BCUT2D eigenvalue weighted by atomic mass is 32.2. The van der Waals surface area contributed by atoms with Crippen molar-refractivity contribution in [1.29, 1.82) is 0 Å². The number of H-pyrrole nitrogens is 1. The molecule has 3 heterocycles. The summed E-state index contributed by atoms with van der Waals surface area (Å²) < 4.78 is 1.71. The lowest BCUT2D eigenvalue weighted by Crippen LogP contribution is -2.60. The molecule has 4 rings (SSSR count). The summed E-state index contributed by atoms with van der Waals surface area (Å²) in [5, 5.41) is 5.31. The molecule has 1 aliphatic heterocycles. The van der Waals surface area contributed by atoms with E-state index in [1.807, 2.05) is 43.3 Å². The second-order valence-corrected chi connectivity index (χ2v) is 9.03. The molecule has 1 N–H and O–H groups in total. The number of anilines is 1. The Hall–Kier alpha value is -2.45. The number of aryl methyl sites for hydroxylation is 1. The quantitative estimate of drug-likeness (QED) is 0.525. The fraction of sp³-hybridized carbons (Fsp3) is 0.300. The Labute approximate surface area is 171 Å². The van der Waals surface area contributed by atoms with Crippen LogP contribution in [0.5, 0.6) is 0 Å². The summed E-state index contributed by atoms with van der Waals surface area (Å²) in [7, 11) is 0. The summed E-state index contributed by atoms with van der Waals surface area (Å²) in [6.45, 7) is 5.67. The van der Waals surface area contributed by atoms with Gasteiger partial charge in [-0.15, -0.1) is 11.3 Å². The normalized spacial score (nSPS) is 15.2. The zero-order chi connectivity index (χ0) is 19.8. The van der Waals surface area contributed by atoms with Gasteiger partial charge in [-0.3, -0.25) is 14.6 Å². The van der Waals surface area contributed by atoms with Gasteiger partial charge in [0.05, 0.1) is 16.1 Å². The highest BCUT2D eigenvalue weighted by molar-refractivity contribution is 7.99. The minimum Gasteiger partial charge on any atom is -0.291 e. The van der Waals surface area contributed by atoms with Crippen LogP contribution in [0.4, 0.5) is 5.69 Å². The molecule has 144 valence electrons. The second-order valence-electron chi connectivity index (χ2n) is 6.63. The number of amides is 1. The minimum absolute atomic E-state index is 0.0912. The predicted molar refractivity (Wildman–Crippen MR) is 112 cm³/mol. The maximum absolute atomic E-state index is 13.0. The van der Waals surface area contributed by atoms with E-state index >= 15 is 0 Å². The van der Waals surface area contributed by atoms with Crippen molar-refractivity contribution in [2.24, 2.45) is 0 Å². The lowest BCUT2D eigenvalue weighted by Gasteiger charge is -2.30. The molecule has 1 aliphatic rings. The molecular formula is C20H21N4O2S2+. The van der Waals surface area contributed by atoms with E-state index in [4.69, 9.17) is 5.10 Å². The van der Waals surface area contributed by atoms with Crippen molar-refractivity contribution in [3.05, 3.63) is 56.5 Å². The molecule has 8 heteroatoms. The molecule has 0 spiro atoms. The van der Waals surface area contributed by atoms with Gasteiger partial charge >= 0.3 is 17.4 Å². The van der Waals surface area contributed by atoms with Crippen LogP contribution >= 0.6 is 23.1 Å². The Bertz CT molecular complexity index is 1110. The Kier molecular flexibility index (Phi) is 5.07. The van der Waals surface area contributed by atoms with Crippen LogP contribution in [0.1, 0.15) is 36.2 Å². The molecule has 2 aromatic heterocycles. The molecule has 0 unspecified atom stereocenters. The van der Waals surface area contributed by atoms with Gasteiger partial charge in [0.25, 0.3) is 0 Å². The Morgan fingerprint density at radius 3 is 2.79 bits per heavy atom. The smallest absolute Gasteiger partial charge is 0.291 e. The number of thioether (sulfide) groups is 1. The van der Waals surface area contributed by atoms with E-state index in [2.05, 4.69) is 11.9 Å². The topological polar surface area (TPSA) is 69.9 Å². The van der Waals surface area contributed by atoms with Crippen LogP contribution in [-0.4, -0.2) is 21.7 Å². The van der Waals surface area contributed by atoms with Crippen molar-refractivity contribution >= 4 is 34.7 Å². The zero-order valence-electron chi connectivity index (χ0n) is 15.9. The van der Waals surface area contributed by atoms with Crippen molar-refractivity contribution in [3.63, 3.8) is 0 Å². The van der Waals surface area contributed by atoms with Gasteiger partial charge in [0.15, 0.2) is 0 Å². The van der Waals surface area contributed by atoms with Crippen molar-refractivity contribution in [1.82, 2.24) is 10.1 Å². The molecule has 1 amide bonds. The van der Waals surface area contributed by atoms with Gasteiger partial charge in [-0.1, -0.05) is 30.8 Å². The van der Waals surface area contributed by atoms with Gasteiger partial charge in [0.2, 0.25) is 11.1 Å². The van der Waals surface area contributed by atoms with Crippen molar-refractivity contribution < 1.29 is 9.48 Å². The van der Waals surface area contributed by atoms with Crippen LogP contribution in [0, 0.1) is 6.92 Å². The van der Waals surface area contributed by atoms with Crippen LogP contribution < -0.4 is 15.1 Å². The molecule has 3 aromatic rings. The number of nitrogens with zero attached hydrogens (tertiary/aromatic N) is 3. The van der Waals surface area contributed by atoms with E-state index in [-0.39, 0.29) is 11.5 Å². The Morgan fingerprint density at radius 1 is 1.32 bits per heavy atom. The maximum Gasteiger partial charge on any atom is 0.325 e. The van der Waals surface area contributed by atoms with Gasteiger partial charge in [-0.2, -0.15) is 0 Å². The molecule has 28 heavy (non-hydrogen) atoms. The lowest BCUT2D eigenvalue weighted by molar-refractivity contribution is -0.762. The predicted octanol–water partition coefficient (Wildman–Crippen LogP) is 3.51. The fourth-order valence-electron chi connectivity index (χ4n) is 3.43. The number of hydrogen-bond donors (Lipinski definition) is 1. The van der Waals surface area contributed by atoms with E-state index in [1.165, 1.54) is 11.8 Å². The highest BCUT2D eigenvalue weighted by Gasteiger charge is 2.45. The van der Waals surface area contributed by atoms with Gasteiger partial charge < -0.3 is 0 Å². The van der Waals surface area contributed by atoms with Gasteiger partial charge in [-0.25, -0.2) is 4.90 Å². The number of benzene rings is 1. The average Bonchev–Trinajstić information content (AvgIpc) is 3.10. The maximum atomic E-state index is 13.0. The first kappa shape index (κ1) is 18.9. The van der Waals surface area contributed by atoms with E-state index in [9.17, 15) is 9.59 Å². The summed E-state index contributed by atoms with van der Waals surface area (Å²) in [5.74, 6) is 0.768. The SMILES string of the molecule is CCCSc1n[n+]2c(c(=O)[nH]1)-c1ccccc1N(C(C)=O)[C@@H]2c1ccc(C)s1. The third-order valence-corrected chi connectivity index (χ3v) is 6.67. The van der Waals surface area contributed by atoms with Gasteiger partial charge in [-0.05, 0) is 42.3 Å². The number of carbonyl (C=O) groups excluding carboxylic acids is 1. The lowest BCUT2D eigenvalue weighted by atomic mass is 10.0. The van der Waals surface area contributed by atoms with E-state index < -0.39 is 6.17 Å². The summed E-state index contributed by atoms with van der Waals surface area (Å²) in [5.41, 5.74) is 1.72. The second kappa shape index (κ2) is 7.52. The van der Waals surface area contributed by atoms with Crippen molar-refractivity contribution in [2.45, 2.75) is 38.5 Å². The number of carbonyl (C=O) groups is 1. The average molecular weight is 414 g/mol. The van der Waals surface area contributed by atoms with Crippen LogP contribution in [0.15, 0.2) is 46.3 Å². The minimum atomic E-state index is -0.482. The number of para-hydroxylation sites is 1. The molecule has 0 fully saturated rings. The third kappa shape index (κ3) is 3.16. The number of fused-ring (bicyclic) bond motifs is 3. The van der Waals surface area contributed by atoms with Crippen molar-refractivity contribution in [2.75, 3.05) is 10.7 Å². The first-order valence-corrected chi connectivity index (χ1v) is 11.0. The monoisotopic (exact) mass is 413 g/mol. The number of thiophene rings is 1. The van der Waals surface area contributed by atoms with Crippen LogP contribution in [0.2, 0.25) is 0 Å². The summed E-state index contributed by atoms with van der Waals surface area (Å²) in [6, 6.07) is 11.5. The number of aromatic nitrogens is 3. The van der Waals surface area contributed by atoms with Crippen LogP contribution in [0.3, 0.4) is 0 Å². The number of hydrogen-bond acceptors (Lipinski definition) is 5. The largest absolute Gasteiger partial charge is 0.325 e.